The first-order valence-electron chi connectivity index (χ1n) is 9.15. The first-order valence-corrected chi connectivity index (χ1v) is 9.15. The van der Waals surface area contributed by atoms with E-state index in [1.54, 1.807) is 26.0 Å². The van der Waals surface area contributed by atoms with Crippen molar-refractivity contribution in [3.05, 3.63) is 59.2 Å². The Kier molecular flexibility index (Phi) is 4.94. The Labute approximate surface area is 175 Å². The second-order valence-electron chi connectivity index (χ2n) is 6.77. The molecule has 8 nitrogen and oxygen atoms in total. The zero-order chi connectivity index (χ0) is 22.3. The highest BCUT2D eigenvalue weighted by Gasteiger charge is 2.27. The highest BCUT2D eigenvalue weighted by atomic mass is 19.1. The minimum Gasteiger partial charge on any atom is -0.496 e. The number of nitrogens with zero attached hydrogens (tertiary/aromatic N) is 1. The summed E-state index contributed by atoms with van der Waals surface area (Å²) in [6.07, 6.45) is -1.26. The van der Waals surface area contributed by atoms with Gasteiger partial charge in [0.1, 0.15) is 34.2 Å². The molecule has 0 fully saturated rings. The van der Waals surface area contributed by atoms with E-state index in [1.165, 1.54) is 31.4 Å². The molecule has 0 radical (unpaired) electrons. The summed E-state index contributed by atoms with van der Waals surface area (Å²) in [5.41, 5.74) is 7.72. The molecular formula is C22H17FN2O6. The molecule has 0 aliphatic rings. The van der Waals surface area contributed by atoms with Crippen LogP contribution in [0.2, 0.25) is 0 Å². The summed E-state index contributed by atoms with van der Waals surface area (Å²) in [6, 6.07) is 8.60. The maximum Gasteiger partial charge on any atom is 0.412 e. The Balaban J connectivity index is 2.02. The predicted octanol–water partition coefficient (Wildman–Crippen LogP) is 4.75. The van der Waals surface area contributed by atoms with Crippen molar-refractivity contribution >= 4 is 23.0 Å². The number of hydrogen-bond acceptors (Lipinski definition) is 7. The second kappa shape index (κ2) is 7.60. The van der Waals surface area contributed by atoms with Crippen LogP contribution in [0.1, 0.15) is 21.8 Å². The molecule has 158 valence electrons. The molecule has 2 aromatic heterocycles. The van der Waals surface area contributed by atoms with Gasteiger partial charge in [-0.1, -0.05) is 5.16 Å². The molecule has 0 spiro atoms. The number of furan rings is 1. The van der Waals surface area contributed by atoms with Crippen LogP contribution < -0.4 is 10.5 Å². The topological polar surface area (TPSA) is 118 Å². The smallest absolute Gasteiger partial charge is 0.412 e. The van der Waals surface area contributed by atoms with E-state index in [1.807, 2.05) is 0 Å². The lowest BCUT2D eigenvalue weighted by atomic mass is 9.99. The number of esters is 1. The van der Waals surface area contributed by atoms with E-state index in [0.29, 0.717) is 39.3 Å². The van der Waals surface area contributed by atoms with Gasteiger partial charge in [0.15, 0.2) is 0 Å². The molecule has 2 aromatic carbocycles. The average molecular weight is 424 g/mol. The van der Waals surface area contributed by atoms with E-state index in [4.69, 9.17) is 19.4 Å². The van der Waals surface area contributed by atoms with E-state index in [2.05, 4.69) is 9.89 Å². The summed E-state index contributed by atoms with van der Waals surface area (Å²) in [6.45, 7) is 3.55. The highest BCUT2D eigenvalue weighted by Crippen LogP contribution is 2.42. The molecule has 0 saturated heterocycles. The van der Waals surface area contributed by atoms with Gasteiger partial charge in [-0.25, -0.2) is 14.0 Å². The quantitative estimate of drug-likeness (QED) is 0.371. The first-order chi connectivity index (χ1) is 14.8. The van der Waals surface area contributed by atoms with Crippen LogP contribution in [0.25, 0.3) is 33.4 Å². The van der Waals surface area contributed by atoms with Crippen LogP contribution in [-0.2, 0) is 4.74 Å². The molecule has 0 atom stereocenters. The summed E-state index contributed by atoms with van der Waals surface area (Å²) >= 11 is 0. The maximum absolute atomic E-state index is 13.4. The van der Waals surface area contributed by atoms with Gasteiger partial charge in [0, 0.05) is 16.5 Å². The Hall–Kier alpha value is -4.14. The number of amides is 1. The van der Waals surface area contributed by atoms with Gasteiger partial charge in [0.05, 0.1) is 18.4 Å². The third kappa shape index (κ3) is 3.50. The van der Waals surface area contributed by atoms with E-state index < -0.39 is 17.9 Å². The molecule has 1 amide bonds. The number of benzene rings is 2. The lowest BCUT2D eigenvalue weighted by molar-refractivity contribution is 0.0640. The monoisotopic (exact) mass is 424 g/mol. The van der Waals surface area contributed by atoms with Gasteiger partial charge in [-0.15, -0.1) is 0 Å². The maximum atomic E-state index is 13.4. The van der Waals surface area contributed by atoms with Crippen LogP contribution in [0.5, 0.6) is 5.75 Å². The molecule has 4 aromatic rings. The number of primary amides is 1. The molecule has 0 bridgehead atoms. The van der Waals surface area contributed by atoms with Gasteiger partial charge >= 0.3 is 12.1 Å². The van der Waals surface area contributed by atoms with Crippen molar-refractivity contribution in [1.82, 2.24) is 5.16 Å². The van der Waals surface area contributed by atoms with E-state index in [0.717, 1.165) is 5.56 Å². The van der Waals surface area contributed by atoms with Gasteiger partial charge in [-0.05, 0) is 50.2 Å². The number of carbonyl (C=O) groups is 2. The fourth-order valence-electron chi connectivity index (χ4n) is 3.50. The first kappa shape index (κ1) is 20.1. The van der Waals surface area contributed by atoms with Crippen molar-refractivity contribution in [1.29, 1.82) is 0 Å². The van der Waals surface area contributed by atoms with Crippen molar-refractivity contribution in [3.63, 3.8) is 0 Å². The summed E-state index contributed by atoms with van der Waals surface area (Å²) < 4.78 is 34.8. The number of fused-ring (bicyclic) bond motifs is 1. The van der Waals surface area contributed by atoms with Crippen molar-refractivity contribution in [2.45, 2.75) is 13.8 Å². The van der Waals surface area contributed by atoms with Crippen molar-refractivity contribution < 1.29 is 32.4 Å². The number of hydrogen-bond donors (Lipinski definition) is 1. The second-order valence-corrected chi connectivity index (χ2v) is 6.77. The minimum atomic E-state index is -1.26. The Morgan fingerprint density at radius 3 is 2.42 bits per heavy atom. The van der Waals surface area contributed by atoms with E-state index >= 15 is 0 Å². The van der Waals surface area contributed by atoms with Gasteiger partial charge in [-0.3, -0.25) is 0 Å². The largest absolute Gasteiger partial charge is 0.496 e. The Morgan fingerprint density at radius 1 is 1.13 bits per heavy atom. The lowest BCUT2D eigenvalue weighted by Gasteiger charge is -2.08. The zero-order valence-electron chi connectivity index (χ0n) is 16.8. The fraction of sp³-hybridized carbons (Fsp3) is 0.136. The van der Waals surface area contributed by atoms with Crippen molar-refractivity contribution in [3.8, 4) is 28.2 Å². The number of halogens is 1. The number of rotatable bonds is 4. The molecule has 2 heterocycles. The summed E-state index contributed by atoms with van der Waals surface area (Å²) in [4.78, 5) is 23.9. The van der Waals surface area contributed by atoms with Crippen molar-refractivity contribution in [2.75, 3.05) is 7.11 Å². The molecule has 9 heteroatoms. The number of nitrogens with two attached hydrogens (primary N) is 1. The molecule has 0 aliphatic heterocycles. The van der Waals surface area contributed by atoms with Gasteiger partial charge in [-0.2, -0.15) is 0 Å². The summed E-state index contributed by atoms with van der Waals surface area (Å²) in [5, 5.41) is 4.30. The van der Waals surface area contributed by atoms with Crippen LogP contribution in [0, 0.1) is 19.7 Å². The third-order valence-corrected chi connectivity index (χ3v) is 4.82. The lowest BCUT2D eigenvalue weighted by Crippen LogP contribution is -2.18. The molecule has 4 rings (SSSR count). The van der Waals surface area contributed by atoms with E-state index in [9.17, 15) is 14.0 Å². The van der Waals surface area contributed by atoms with Crippen LogP contribution in [0.3, 0.4) is 0 Å². The van der Waals surface area contributed by atoms with Crippen LogP contribution in [-0.4, -0.2) is 24.3 Å². The summed E-state index contributed by atoms with van der Waals surface area (Å²) in [5.74, 6) is -0.365. The van der Waals surface area contributed by atoms with Gasteiger partial charge < -0.3 is 24.1 Å². The molecule has 0 unspecified atom stereocenters. The average Bonchev–Trinajstić information content (AvgIpc) is 3.26. The standard InChI is InChI=1S/C22H17FN2O6/c1-10-18(11(2)31-25-10)14-9-17-15(8-16(14)28-3)19(21(26)30-22(24)27)20(29-17)12-4-6-13(23)7-5-12/h4-9H,1-3H3,(H2,24,27). The molecule has 0 saturated carbocycles. The number of ether oxygens (including phenoxy) is 2. The number of aromatic nitrogens is 1. The van der Waals surface area contributed by atoms with E-state index in [-0.39, 0.29) is 11.3 Å². The normalized spacial score (nSPS) is 11.0. The Bertz CT molecular complexity index is 1300. The van der Waals surface area contributed by atoms with Crippen molar-refractivity contribution in [2.24, 2.45) is 5.73 Å². The van der Waals surface area contributed by atoms with Crippen LogP contribution in [0.4, 0.5) is 9.18 Å². The molecular weight excluding hydrogens is 407 g/mol. The van der Waals surface area contributed by atoms with Crippen LogP contribution >= 0.6 is 0 Å². The minimum absolute atomic E-state index is 0.0379. The zero-order valence-corrected chi connectivity index (χ0v) is 16.8. The van der Waals surface area contributed by atoms with Crippen LogP contribution in [0.15, 0.2) is 45.3 Å². The highest BCUT2D eigenvalue weighted by molar-refractivity contribution is 6.12. The molecule has 2 N–H and O–H groups in total. The number of methoxy groups -OCH3 is 1. The SMILES string of the molecule is COc1cc2c(C(=O)OC(N)=O)c(-c3ccc(F)cc3)oc2cc1-c1c(C)noc1C. The fourth-order valence-corrected chi connectivity index (χ4v) is 3.50. The number of aryl methyl sites for hydroxylation is 2. The molecule has 31 heavy (non-hydrogen) atoms. The summed E-state index contributed by atoms with van der Waals surface area (Å²) in [7, 11) is 1.48. The van der Waals surface area contributed by atoms with Gasteiger partial charge in [0.25, 0.3) is 0 Å². The van der Waals surface area contributed by atoms with Gasteiger partial charge in [0.2, 0.25) is 0 Å². The molecule has 0 aliphatic carbocycles. The third-order valence-electron chi connectivity index (χ3n) is 4.82. The predicted molar refractivity (Wildman–Crippen MR) is 108 cm³/mol. The Morgan fingerprint density at radius 2 is 1.84 bits per heavy atom. The number of carbonyl (C=O) groups excluding carboxylic acids is 2.